The fourth-order valence-corrected chi connectivity index (χ4v) is 5.09. The van der Waals surface area contributed by atoms with Crippen LogP contribution in [0.25, 0.3) is 6.08 Å². The molecule has 0 saturated carbocycles. The number of benzene rings is 1. The smallest absolute Gasteiger partial charge is 0.409 e. The van der Waals surface area contributed by atoms with E-state index in [1.54, 1.807) is 49.1 Å². The first-order chi connectivity index (χ1) is 20.3. The number of amides is 3. The molecule has 12 nitrogen and oxygen atoms in total. The second-order valence-electron chi connectivity index (χ2n) is 9.63. The zero-order valence-electron chi connectivity index (χ0n) is 23.9. The lowest BCUT2D eigenvalue weighted by Crippen LogP contribution is -2.42. The Hall–Kier alpha value is -4.13. The number of ether oxygens (including phenoxy) is 4. The normalized spacial score (nSPS) is 16.6. The molecule has 0 bridgehead atoms. The van der Waals surface area contributed by atoms with E-state index in [4.69, 9.17) is 18.9 Å². The van der Waals surface area contributed by atoms with Gasteiger partial charge in [-0.1, -0.05) is 25.5 Å². The number of rotatable bonds is 11. The van der Waals surface area contributed by atoms with E-state index in [1.165, 1.54) is 6.33 Å². The maximum atomic E-state index is 12.7. The second kappa shape index (κ2) is 14.7. The van der Waals surface area contributed by atoms with Gasteiger partial charge in [-0.25, -0.2) is 14.8 Å². The van der Waals surface area contributed by atoms with E-state index in [2.05, 4.69) is 9.97 Å². The minimum atomic E-state index is -0.645. The summed E-state index contributed by atoms with van der Waals surface area (Å²) < 4.78 is 22.3. The molecule has 2 aromatic rings. The largest absolute Gasteiger partial charge is 0.474 e. The summed E-state index contributed by atoms with van der Waals surface area (Å²) in [7, 11) is 0. The third-order valence-electron chi connectivity index (χ3n) is 6.53. The lowest BCUT2D eigenvalue weighted by Gasteiger charge is -2.31. The van der Waals surface area contributed by atoms with Gasteiger partial charge in [0.15, 0.2) is 0 Å². The van der Waals surface area contributed by atoms with Crippen molar-refractivity contribution in [2.75, 3.05) is 32.8 Å². The van der Waals surface area contributed by atoms with Crippen molar-refractivity contribution >= 4 is 41.0 Å². The van der Waals surface area contributed by atoms with Crippen LogP contribution in [0.4, 0.5) is 9.59 Å². The Bertz CT molecular complexity index is 1340. The van der Waals surface area contributed by atoms with Gasteiger partial charge in [0, 0.05) is 25.9 Å². The monoisotopic (exact) mass is 598 g/mol. The average Bonchev–Trinajstić information content (AvgIpc) is 3.23. The summed E-state index contributed by atoms with van der Waals surface area (Å²) in [5, 5.41) is -0.534. The molecule has 2 fully saturated rings. The summed E-state index contributed by atoms with van der Waals surface area (Å²) in [5.41, 5.74) is 1.24. The molecule has 0 N–H and O–H groups in total. The minimum absolute atomic E-state index is 0.117. The number of hydrogen-bond acceptors (Lipinski definition) is 11. The van der Waals surface area contributed by atoms with Gasteiger partial charge in [0.1, 0.15) is 24.7 Å². The van der Waals surface area contributed by atoms with Gasteiger partial charge in [-0.05, 0) is 55.8 Å². The number of nitrogens with zero attached hydrogens (tertiary/aromatic N) is 4. The average molecular weight is 599 g/mol. The Balaban J connectivity index is 1.37. The van der Waals surface area contributed by atoms with Gasteiger partial charge in [0.25, 0.3) is 11.1 Å². The fourth-order valence-electron chi connectivity index (χ4n) is 4.25. The van der Waals surface area contributed by atoms with E-state index >= 15 is 0 Å². The first kappa shape index (κ1) is 30.8. The van der Waals surface area contributed by atoms with Crippen LogP contribution in [0, 0.1) is 6.92 Å². The van der Waals surface area contributed by atoms with Crippen LogP contribution in [0.1, 0.15) is 50.7 Å². The lowest BCUT2D eigenvalue weighted by atomic mass is 10.1. The molecule has 4 rings (SSSR count). The minimum Gasteiger partial charge on any atom is -0.474 e. The molecule has 224 valence electrons. The first-order valence-electron chi connectivity index (χ1n) is 13.9. The Labute approximate surface area is 248 Å². The van der Waals surface area contributed by atoms with Crippen LogP contribution in [0.3, 0.4) is 0 Å². The Morgan fingerprint density at radius 1 is 1.10 bits per heavy atom. The van der Waals surface area contributed by atoms with Gasteiger partial charge in [-0.2, -0.15) is 0 Å². The molecule has 0 atom stereocenters. The third kappa shape index (κ3) is 7.99. The van der Waals surface area contributed by atoms with Crippen LogP contribution in [-0.2, 0) is 19.1 Å². The van der Waals surface area contributed by atoms with Crippen molar-refractivity contribution in [2.24, 2.45) is 0 Å². The molecule has 3 heterocycles. The van der Waals surface area contributed by atoms with Gasteiger partial charge in [-0.3, -0.25) is 19.3 Å². The van der Waals surface area contributed by atoms with Crippen molar-refractivity contribution in [3.63, 3.8) is 0 Å². The number of hydrogen-bond donors (Lipinski definition) is 0. The highest BCUT2D eigenvalue weighted by Gasteiger charge is 2.36. The van der Waals surface area contributed by atoms with Crippen molar-refractivity contribution in [1.29, 1.82) is 0 Å². The van der Waals surface area contributed by atoms with E-state index in [9.17, 15) is 19.2 Å². The van der Waals surface area contributed by atoms with Crippen molar-refractivity contribution in [2.45, 2.75) is 52.6 Å². The molecule has 0 unspecified atom stereocenters. The van der Waals surface area contributed by atoms with Crippen LogP contribution < -0.4 is 9.47 Å². The summed E-state index contributed by atoms with van der Waals surface area (Å²) in [4.78, 5) is 60.3. The maximum Gasteiger partial charge on any atom is 0.409 e. The van der Waals surface area contributed by atoms with E-state index in [0.717, 1.165) is 29.5 Å². The van der Waals surface area contributed by atoms with E-state index < -0.39 is 23.7 Å². The summed E-state index contributed by atoms with van der Waals surface area (Å²) in [6.45, 7) is 6.74. The predicted octanol–water partition coefficient (Wildman–Crippen LogP) is 4.96. The van der Waals surface area contributed by atoms with Crippen LogP contribution in [-0.4, -0.2) is 81.9 Å². The molecular weight excluding hydrogens is 564 g/mol. The van der Waals surface area contributed by atoms with Crippen molar-refractivity contribution in [1.82, 2.24) is 19.8 Å². The van der Waals surface area contributed by atoms with Crippen LogP contribution in [0.15, 0.2) is 35.5 Å². The number of carbonyl (C=O) groups is 4. The summed E-state index contributed by atoms with van der Waals surface area (Å²) in [6, 6.07) is 6.95. The number of unbranched alkanes of at least 4 members (excludes halogenated alkanes) is 1. The molecule has 0 aliphatic carbocycles. The SMILES string of the molecule is CCCCOC(=O)N1CCC(Oc2ncnc(Oc3cccc(C=C4SC(=O)N(CC(=O)OCC)C4=O)c3)c2C)CC1. The van der Waals surface area contributed by atoms with Crippen LogP contribution >= 0.6 is 11.8 Å². The molecule has 42 heavy (non-hydrogen) atoms. The number of esters is 1. The molecule has 3 amide bonds. The molecule has 2 aliphatic heterocycles. The van der Waals surface area contributed by atoms with Gasteiger partial charge < -0.3 is 23.8 Å². The van der Waals surface area contributed by atoms with Gasteiger partial charge in [0.05, 0.1) is 23.7 Å². The van der Waals surface area contributed by atoms with Crippen LogP contribution in [0.5, 0.6) is 17.5 Å². The molecule has 2 aliphatic rings. The summed E-state index contributed by atoms with van der Waals surface area (Å²) >= 11 is 0.757. The van der Waals surface area contributed by atoms with Crippen molar-refractivity contribution < 1.29 is 38.1 Å². The van der Waals surface area contributed by atoms with Crippen LogP contribution in [0.2, 0.25) is 0 Å². The molecule has 2 saturated heterocycles. The highest BCUT2D eigenvalue weighted by atomic mass is 32.2. The topological polar surface area (TPSA) is 137 Å². The summed E-state index contributed by atoms with van der Waals surface area (Å²) in [5.74, 6) is -0.0404. The quantitative estimate of drug-likeness (QED) is 0.197. The molecular formula is C29H34N4O8S. The molecule has 0 radical (unpaired) electrons. The molecule has 1 aromatic heterocycles. The third-order valence-corrected chi connectivity index (χ3v) is 7.44. The standard InChI is InChI=1S/C29H34N4O8S/c1-4-6-14-39-28(36)32-12-10-21(11-13-32)40-25-19(3)26(31-18-30-25)41-22-9-7-8-20(15-22)16-23-27(35)33(29(37)42-23)17-24(34)38-5-2/h7-9,15-16,18,21H,4-6,10-14,17H2,1-3H3. The van der Waals surface area contributed by atoms with E-state index in [-0.39, 0.29) is 23.7 Å². The molecule has 1 aromatic carbocycles. The highest BCUT2D eigenvalue weighted by molar-refractivity contribution is 8.18. The zero-order valence-corrected chi connectivity index (χ0v) is 24.7. The Morgan fingerprint density at radius 3 is 2.60 bits per heavy atom. The second-order valence-corrected chi connectivity index (χ2v) is 10.6. The molecule has 13 heteroatoms. The number of carbonyl (C=O) groups excluding carboxylic acids is 4. The van der Waals surface area contributed by atoms with Crippen molar-refractivity contribution in [3.8, 4) is 17.5 Å². The number of imide groups is 1. The first-order valence-corrected chi connectivity index (χ1v) is 14.7. The van der Waals surface area contributed by atoms with Gasteiger partial charge >= 0.3 is 12.1 Å². The van der Waals surface area contributed by atoms with Gasteiger partial charge in [-0.15, -0.1) is 0 Å². The lowest BCUT2D eigenvalue weighted by molar-refractivity contribution is -0.145. The predicted molar refractivity (Wildman–Crippen MR) is 154 cm³/mol. The maximum absolute atomic E-state index is 12.7. The highest BCUT2D eigenvalue weighted by Crippen LogP contribution is 2.34. The zero-order chi connectivity index (χ0) is 30.1. The number of thioether (sulfide) groups is 1. The number of likely N-dealkylation sites (tertiary alicyclic amines) is 1. The van der Waals surface area contributed by atoms with E-state index in [1.807, 2.05) is 6.92 Å². The fraction of sp³-hybridized carbons (Fsp3) is 0.448. The summed E-state index contributed by atoms with van der Waals surface area (Å²) in [6.07, 6.45) is 5.64. The molecule has 0 spiro atoms. The van der Waals surface area contributed by atoms with Crippen molar-refractivity contribution in [3.05, 3.63) is 46.6 Å². The number of piperidine rings is 1. The number of aromatic nitrogens is 2. The van der Waals surface area contributed by atoms with E-state index in [0.29, 0.717) is 61.2 Å². The van der Waals surface area contributed by atoms with Gasteiger partial charge in [0.2, 0.25) is 11.8 Å². The Morgan fingerprint density at radius 2 is 1.86 bits per heavy atom. The Kier molecular flexibility index (Phi) is 10.8.